The Labute approximate surface area is 124 Å². The number of benzene rings is 1. The van der Waals surface area contributed by atoms with E-state index in [9.17, 15) is 19.2 Å². The SMILES string of the molecule is O=C1CCCCC(=O)Oc2c(C(=O)O)cccc2C(=O)OO1. The summed E-state index contributed by atoms with van der Waals surface area (Å²) in [5.41, 5.74) is -0.687. The second-order valence-electron chi connectivity index (χ2n) is 4.49. The van der Waals surface area contributed by atoms with Crippen molar-refractivity contribution in [1.29, 1.82) is 0 Å². The summed E-state index contributed by atoms with van der Waals surface area (Å²) in [5.74, 6) is -4.38. The molecule has 1 N–H and O–H groups in total. The van der Waals surface area contributed by atoms with Gasteiger partial charge in [0, 0.05) is 6.42 Å². The molecule has 0 fully saturated rings. The number of esters is 1. The fraction of sp³-hybridized carbons (Fsp3) is 0.286. The van der Waals surface area contributed by atoms with E-state index in [0.717, 1.165) is 0 Å². The molecule has 1 heterocycles. The fourth-order valence-corrected chi connectivity index (χ4v) is 1.85. The molecule has 8 heteroatoms. The second-order valence-corrected chi connectivity index (χ2v) is 4.49. The van der Waals surface area contributed by atoms with Crippen molar-refractivity contribution in [3.8, 4) is 5.75 Å². The highest BCUT2D eigenvalue weighted by Gasteiger charge is 2.25. The van der Waals surface area contributed by atoms with E-state index in [1.165, 1.54) is 18.2 Å². The molecule has 0 radical (unpaired) electrons. The van der Waals surface area contributed by atoms with Gasteiger partial charge in [-0.1, -0.05) is 6.07 Å². The minimum Gasteiger partial charge on any atom is -0.478 e. The fourth-order valence-electron chi connectivity index (χ4n) is 1.85. The molecule has 1 aromatic rings. The van der Waals surface area contributed by atoms with Crippen molar-refractivity contribution in [3.05, 3.63) is 29.3 Å². The van der Waals surface area contributed by atoms with Gasteiger partial charge in [0.25, 0.3) is 0 Å². The zero-order valence-corrected chi connectivity index (χ0v) is 11.4. The lowest BCUT2D eigenvalue weighted by Gasteiger charge is -2.12. The number of carboxylic acid groups (broad SMARTS) is 1. The molecule has 0 spiro atoms. The van der Waals surface area contributed by atoms with Crippen LogP contribution in [0.3, 0.4) is 0 Å². The van der Waals surface area contributed by atoms with Crippen LogP contribution in [0.25, 0.3) is 0 Å². The molecule has 0 aliphatic carbocycles. The minimum atomic E-state index is -1.37. The summed E-state index contributed by atoms with van der Waals surface area (Å²) >= 11 is 0. The van der Waals surface area contributed by atoms with Crippen molar-refractivity contribution in [2.24, 2.45) is 0 Å². The molecule has 0 saturated heterocycles. The lowest BCUT2D eigenvalue weighted by Crippen LogP contribution is -2.18. The molecule has 0 atom stereocenters. The van der Waals surface area contributed by atoms with Crippen molar-refractivity contribution in [2.75, 3.05) is 0 Å². The van der Waals surface area contributed by atoms with Crippen LogP contribution in [-0.4, -0.2) is 29.0 Å². The maximum absolute atomic E-state index is 11.9. The summed E-state index contributed by atoms with van der Waals surface area (Å²) in [7, 11) is 0. The van der Waals surface area contributed by atoms with Gasteiger partial charge in [-0.25, -0.2) is 24.2 Å². The first-order valence-electron chi connectivity index (χ1n) is 6.47. The molecule has 0 amide bonds. The van der Waals surface area contributed by atoms with Gasteiger partial charge in [0.1, 0.15) is 11.1 Å². The lowest BCUT2D eigenvalue weighted by atomic mass is 10.1. The van der Waals surface area contributed by atoms with Gasteiger partial charge in [-0.3, -0.25) is 4.79 Å². The number of hydrogen-bond donors (Lipinski definition) is 1. The summed E-state index contributed by atoms with van der Waals surface area (Å²) in [6.45, 7) is 0. The summed E-state index contributed by atoms with van der Waals surface area (Å²) in [4.78, 5) is 54.8. The second kappa shape index (κ2) is 6.70. The molecule has 2 rings (SSSR count). The Morgan fingerprint density at radius 1 is 1.00 bits per heavy atom. The van der Waals surface area contributed by atoms with Crippen LogP contribution in [0.1, 0.15) is 46.4 Å². The van der Waals surface area contributed by atoms with Crippen molar-refractivity contribution >= 4 is 23.9 Å². The van der Waals surface area contributed by atoms with Crippen LogP contribution in [0.15, 0.2) is 18.2 Å². The molecule has 0 bridgehead atoms. The number of carboxylic acids is 1. The molecule has 8 nitrogen and oxygen atoms in total. The Kier molecular flexibility index (Phi) is 4.72. The molecule has 0 unspecified atom stereocenters. The Bertz CT molecular complexity index is 634. The van der Waals surface area contributed by atoms with Crippen LogP contribution in [0, 0.1) is 0 Å². The van der Waals surface area contributed by atoms with E-state index < -0.39 is 29.6 Å². The molecular formula is C14H12O8. The molecule has 1 aliphatic rings. The van der Waals surface area contributed by atoms with E-state index in [4.69, 9.17) is 9.84 Å². The average molecular weight is 308 g/mol. The number of rotatable bonds is 1. The van der Waals surface area contributed by atoms with Crippen molar-refractivity contribution in [2.45, 2.75) is 25.7 Å². The first kappa shape index (κ1) is 15.5. The molecule has 0 aromatic heterocycles. The molecule has 0 saturated carbocycles. The molecule has 116 valence electrons. The first-order valence-corrected chi connectivity index (χ1v) is 6.47. The van der Waals surface area contributed by atoms with Crippen molar-refractivity contribution in [3.63, 3.8) is 0 Å². The van der Waals surface area contributed by atoms with E-state index >= 15 is 0 Å². The zero-order valence-electron chi connectivity index (χ0n) is 11.4. The van der Waals surface area contributed by atoms with Crippen LogP contribution in [0.2, 0.25) is 0 Å². The van der Waals surface area contributed by atoms with Gasteiger partial charge in [0.2, 0.25) is 0 Å². The van der Waals surface area contributed by atoms with Crippen LogP contribution in [0.5, 0.6) is 5.75 Å². The number of hydrogen-bond acceptors (Lipinski definition) is 7. The lowest BCUT2D eigenvalue weighted by molar-refractivity contribution is -0.234. The third-order valence-corrected chi connectivity index (χ3v) is 2.90. The Morgan fingerprint density at radius 2 is 1.68 bits per heavy atom. The quantitative estimate of drug-likeness (QED) is 0.471. The van der Waals surface area contributed by atoms with Crippen LogP contribution in [0.4, 0.5) is 0 Å². The predicted molar refractivity (Wildman–Crippen MR) is 69.0 cm³/mol. The number of para-hydroxylation sites is 1. The summed E-state index contributed by atoms with van der Waals surface area (Å²) in [6, 6.07) is 3.67. The highest BCUT2D eigenvalue weighted by molar-refractivity contribution is 6.00. The number of carbonyl (C=O) groups excluding carboxylic acids is 3. The predicted octanol–water partition coefficient (Wildman–Crippen LogP) is 1.48. The number of ether oxygens (including phenoxy) is 1. The normalized spacial score (nSPS) is 16.3. The van der Waals surface area contributed by atoms with E-state index in [1.54, 1.807) is 0 Å². The molecule has 1 aliphatic heterocycles. The van der Waals surface area contributed by atoms with Crippen LogP contribution in [-0.2, 0) is 19.4 Å². The van der Waals surface area contributed by atoms with E-state index in [1.807, 2.05) is 0 Å². The highest BCUT2D eigenvalue weighted by atomic mass is 17.2. The Hall–Kier alpha value is -2.90. The van der Waals surface area contributed by atoms with Crippen LogP contribution >= 0.6 is 0 Å². The standard InChI is InChI=1S/C14H12O8/c15-10-6-1-2-7-11(16)21-22-14(19)9-5-3-4-8(13(17)18)12(9)20-10/h3-5H,1-2,6-7H2,(H,17,18). The van der Waals surface area contributed by atoms with E-state index in [2.05, 4.69) is 9.78 Å². The zero-order chi connectivity index (χ0) is 16.1. The van der Waals surface area contributed by atoms with E-state index in [0.29, 0.717) is 12.8 Å². The Morgan fingerprint density at radius 3 is 2.36 bits per heavy atom. The van der Waals surface area contributed by atoms with E-state index in [-0.39, 0.29) is 24.0 Å². The first-order chi connectivity index (χ1) is 10.5. The van der Waals surface area contributed by atoms with Crippen molar-refractivity contribution in [1.82, 2.24) is 0 Å². The third-order valence-electron chi connectivity index (χ3n) is 2.90. The summed E-state index contributed by atoms with van der Waals surface area (Å²) in [5, 5.41) is 9.12. The molecule has 1 aromatic carbocycles. The maximum atomic E-state index is 11.9. The van der Waals surface area contributed by atoms with Gasteiger partial charge < -0.3 is 9.84 Å². The topological polar surface area (TPSA) is 116 Å². The average Bonchev–Trinajstić information content (AvgIpc) is 2.48. The van der Waals surface area contributed by atoms with Gasteiger partial charge >= 0.3 is 23.9 Å². The van der Waals surface area contributed by atoms with Crippen molar-refractivity contribution < 1.29 is 38.8 Å². The Balaban J connectivity index is 2.42. The molecular weight excluding hydrogens is 296 g/mol. The monoisotopic (exact) mass is 308 g/mol. The van der Waals surface area contributed by atoms with Gasteiger partial charge in [-0.2, -0.15) is 0 Å². The smallest absolute Gasteiger partial charge is 0.390 e. The maximum Gasteiger partial charge on any atom is 0.390 e. The third kappa shape index (κ3) is 3.60. The van der Waals surface area contributed by atoms with Crippen LogP contribution < -0.4 is 4.74 Å². The highest BCUT2D eigenvalue weighted by Crippen LogP contribution is 2.26. The van der Waals surface area contributed by atoms with Gasteiger partial charge in [0.05, 0.1) is 6.42 Å². The molecule has 22 heavy (non-hydrogen) atoms. The number of fused-ring (bicyclic) bond motifs is 1. The largest absolute Gasteiger partial charge is 0.478 e. The number of aromatic carboxylic acids is 1. The van der Waals surface area contributed by atoms with Gasteiger partial charge in [0.15, 0.2) is 5.75 Å². The van der Waals surface area contributed by atoms with Gasteiger partial charge in [-0.05, 0) is 25.0 Å². The summed E-state index contributed by atoms with van der Waals surface area (Å²) in [6.07, 6.45) is 0.670. The van der Waals surface area contributed by atoms with Gasteiger partial charge in [-0.15, -0.1) is 0 Å². The summed E-state index contributed by atoms with van der Waals surface area (Å²) < 4.78 is 5.00. The minimum absolute atomic E-state index is 0.0113. The number of carbonyl (C=O) groups is 4.